The summed E-state index contributed by atoms with van der Waals surface area (Å²) < 4.78 is 8.66. The number of nitrogens with one attached hydrogen (secondary N) is 1. The second-order valence-corrected chi connectivity index (χ2v) is 5.14. The first-order chi connectivity index (χ1) is 8.54. The van der Waals surface area contributed by atoms with Crippen molar-refractivity contribution in [2.24, 2.45) is 12.9 Å². The monoisotopic (exact) mass is 318 g/mol. The van der Waals surface area contributed by atoms with Crippen LogP contribution in [0.5, 0.6) is 0 Å². The van der Waals surface area contributed by atoms with E-state index in [1.165, 1.54) is 0 Å². The molecule has 5 nitrogen and oxygen atoms in total. The molecule has 0 aliphatic heterocycles. The predicted molar refractivity (Wildman–Crippen MR) is 76.2 cm³/mol. The van der Waals surface area contributed by atoms with Crippen LogP contribution in [-0.2, 0) is 18.2 Å². The van der Waals surface area contributed by atoms with Gasteiger partial charge in [-0.25, -0.2) is 0 Å². The van der Waals surface area contributed by atoms with E-state index in [0.717, 1.165) is 28.7 Å². The van der Waals surface area contributed by atoms with Gasteiger partial charge in [-0.1, -0.05) is 6.92 Å². The van der Waals surface area contributed by atoms with Gasteiger partial charge in [0.2, 0.25) is 0 Å². The maximum Gasteiger partial charge on any atom is 0.0742 e. The minimum Gasteiger partial charge on any atom is -0.377 e. The number of nitrogens with two attached hydrogens (primary N) is 1. The highest BCUT2D eigenvalue weighted by Gasteiger charge is 2.23. The van der Waals surface area contributed by atoms with Crippen molar-refractivity contribution < 1.29 is 4.74 Å². The first kappa shape index (κ1) is 15.6. The average Bonchev–Trinajstić information content (AvgIpc) is 2.59. The maximum atomic E-state index is 5.72. The van der Waals surface area contributed by atoms with Gasteiger partial charge >= 0.3 is 0 Å². The summed E-state index contributed by atoms with van der Waals surface area (Å²) >= 11 is 3.58. The molecule has 0 saturated carbocycles. The van der Waals surface area contributed by atoms with Gasteiger partial charge in [-0.3, -0.25) is 16.0 Å². The third kappa shape index (κ3) is 3.54. The van der Waals surface area contributed by atoms with Crippen molar-refractivity contribution >= 4 is 15.9 Å². The fourth-order valence-electron chi connectivity index (χ4n) is 2.14. The minimum atomic E-state index is 0.0843. The lowest BCUT2D eigenvalue weighted by atomic mass is 10.0. The van der Waals surface area contributed by atoms with Crippen molar-refractivity contribution in [3.05, 3.63) is 15.9 Å². The lowest BCUT2D eigenvalue weighted by molar-refractivity contribution is 0.0314. The number of hydrazine groups is 1. The number of hydrogen-bond donors (Lipinski definition) is 2. The normalized spacial score (nSPS) is 14.8. The summed E-state index contributed by atoms with van der Waals surface area (Å²) in [4.78, 5) is 0. The zero-order valence-corrected chi connectivity index (χ0v) is 13.1. The van der Waals surface area contributed by atoms with Gasteiger partial charge < -0.3 is 4.74 Å². The molecule has 2 unspecified atom stereocenters. The summed E-state index contributed by atoms with van der Waals surface area (Å²) in [6.45, 7) is 6.79. The SMILES string of the molecule is CCOC(CC)C(Cc1c(Br)c(C)nn1C)NN. The number of aryl methyl sites for hydroxylation is 2. The molecule has 0 fully saturated rings. The summed E-state index contributed by atoms with van der Waals surface area (Å²) in [5, 5.41) is 4.39. The van der Waals surface area contributed by atoms with Crippen molar-refractivity contribution in [3.8, 4) is 0 Å². The Kier molecular flexibility index (Phi) is 6.28. The van der Waals surface area contributed by atoms with E-state index in [9.17, 15) is 0 Å². The van der Waals surface area contributed by atoms with Gasteiger partial charge in [0.1, 0.15) is 0 Å². The molecule has 1 aromatic rings. The number of hydrogen-bond acceptors (Lipinski definition) is 4. The second-order valence-electron chi connectivity index (χ2n) is 4.35. The Hall–Kier alpha value is -0.430. The number of rotatable bonds is 7. The van der Waals surface area contributed by atoms with Gasteiger partial charge in [0.25, 0.3) is 0 Å². The van der Waals surface area contributed by atoms with Crippen molar-refractivity contribution in [3.63, 3.8) is 0 Å². The van der Waals surface area contributed by atoms with Gasteiger partial charge in [-0.15, -0.1) is 0 Å². The second kappa shape index (κ2) is 7.23. The highest BCUT2D eigenvalue weighted by atomic mass is 79.9. The Balaban J connectivity index is 2.84. The molecule has 0 saturated heterocycles. The summed E-state index contributed by atoms with van der Waals surface area (Å²) in [5.41, 5.74) is 4.99. The number of nitrogens with zero attached hydrogens (tertiary/aromatic N) is 2. The van der Waals surface area contributed by atoms with Crippen molar-refractivity contribution in [2.75, 3.05) is 6.61 Å². The van der Waals surface area contributed by atoms with E-state index >= 15 is 0 Å². The molecular weight excluding hydrogens is 296 g/mol. The van der Waals surface area contributed by atoms with Crippen LogP contribution >= 0.6 is 15.9 Å². The van der Waals surface area contributed by atoms with Crippen LogP contribution in [0.4, 0.5) is 0 Å². The molecule has 1 rings (SSSR count). The van der Waals surface area contributed by atoms with E-state index in [2.05, 4.69) is 33.4 Å². The average molecular weight is 319 g/mol. The van der Waals surface area contributed by atoms with Crippen LogP contribution < -0.4 is 11.3 Å². The molecular formula is C12H23BrN4O. The van der Waals surface area contributed by atoms with E-state index < -0.39 is 0 Å². The van der Waals surface area contributed by atoms with Crippen molar-refractivity contribution in [1.82, 2.24) is 15.2 Å². The standard InChI is InChI=1S/C12H23BrN4O/c1-5-11(18-6-2)9(15-14)7-10-12(13)8(3)16-17(10)4/h9,11,15H,5-7,14H2,1-4H3. The van der Waals surface area contributed by atoms with Gasteiger partial charge in [-0.05, 0) is 36.2 Å². The van der Waals surface area contributed by atoms with Crippen LogP contribution in [-0.4, -0.2) is 28.5 Å². The zero-order chi connectivity index (χ0) is 13.7. The molecule has 0 bridgehead atoms. The molecule has 1 aromatic heterocycles. The maximum absolute atomic E-state index is 5.72. The van der Waals surface area contributed by atoms with Gasteiger partial charge in [-0.2, -0.15) is 5.10 Å². The molecule has 104 valence electrons. The third-order valence-corrected chi connectivity index (χ3v) is 4.15. The van der Waals surface area contributed by atoms with E-state index in [1.807, 2.05) is 25.6 Å². The predicted octanol–water partition coefficient (Wildman–Crippen LogP) is 1.68. The largest absolute Gasteiger partial charge is 0.377 e. The fourth-order valence-corrected chi connectivity index (χ4v) is 2.64. The lowest BCUT2D eigenvalue weighted by Gasteiger charge is -2.25. The Morgan fingerprint density at radius 1 is 1.50 bits per heavy atom. The Labute approximate surface area is 117 Å². The Morgan fingerprint density at radius 2 is 2.17 bits per heavy atom. The molecule has 6 heteroatoms. The molecule has 0 radical (unpaired) electrons. The summed E-state index contributed by atoms with van der Waals surface area (Å²) in [7, 11) is 1.95. The van der Waals surface area contributed by atoms with Crippen LogP contribution in [0.15, 0.2) is 4.47 Å². The van der Waals surface area contributed by atoms with Crippen LogP contribution in [0, 0.1) is 6.92 Å². The van der Waals surface area contributed by atoms with Gasteiger partial charge in [0.05, 0.1) is 28.0 Å². The molecule has 0 spiro atoms. The highest BCUT2D eigenvalue weighted by molar-refractivity contribution is 9.10. The van der Waals surface area contributed by atoms with Crippen molar-refractivity contribution in [1.29, 1.82) is 0 Å². The Morgan fingerprint density at radius 3 is 2.56 bits per heavy atom. The molecule has 1 heterocycles. The molecule has 3 N–H and O–H groups in total. The molecule has 2 atom stereocenters. The van der Waals surface area contributed by atoms with Crippen molar-refractivity contribution in [2.45, 2.75) is 45.8 Å². The van der Waals surface area contributed by atoms with Crippen LogP contribution in [0.25, 0.3) is 0 Å². The van der Waals surface area contributed by atoms with Crippen LogP contribution in [0.3, 0.4) is 0 Å². The van der Waals surface area contributed by atoms with E-state index in [-0.39, 0.29) is 12.1 Å². The Bertz CT molecular complexity index is 380. The molecule has 0 aliphatic carbocycles. The lowest BCUT2D eigenvalue weighted by Crippen LogP contribution is -2.46. The fraction of sp³-hybridized carbons (Fsp3) is 0.750. The van der Waals surface area contributed by atoms with Crippen LogP contribution in [0.2, 0.25) is 0 Å². The quantitative estimate of drug-likeness (QED) is 0.593. The molecule has 18 heavy (non-hydrogen) atoms. The summed E-state index contributed by atoms with van der Waals surface area (Å²) in [5.74, 6) is 5.66. The first-order valence-corrected chi connectivity index (χ1v) is 7.10. The molecule has 0 aromatic carbocycles. The molecule has 0 aliphatic rings. The van der Waals surface area contributed by atoms with Crippen LogP contribution in [0.1, 0.15) is 31.7 Å². The van der Waals surface area contributed by atoms with Gasteiger partial charge in [0, 0.05) is 20.1 Å². The minimum absolute atomic E-state index is 0.0843. The highest BCUT2D eigenvalue weighted by Crippen LogP contribution is 2.22. The number of halogens is 1. The third-order valence-electron chi connectivity index (χ3n) is 3.12. The summed E-state index contributed by atoms with van der Waals surface area (Å²) in [6.07, 6.45) is 1.83. The molecule has 0 amide bonds. The van der Waals surface area contributed by atoms with E-state index in [0.29, 0.717) is 6.61 Å². The number of ether oxygens (including phenoxy) is 1. The van der Waals surface area contributed by atoms with Gasteiger partial charge in [0.15, 0.2) is 0 Å². The van der Waals surface area contributed by atoms with E-state index in [1.54, 1.807) is 0 Å². The number of aromatic nitrogens is 2. The first-order valence-electron chi connectivity index (χ1n) is 6.30. The topological polar surface area (TPSA) is 65.1 Å². The smallest absolute Gasteiger partial charge is 0.0742 e. The zero-order valence-electron chi connectivity index (χ0n) is 11.5. The summed E-state index contributed by atoms with van der Waals surface area (Å²) in [6, 6.07) is 0.0843. The van der Waals surface area contributed by atoms with E-state index in [4.69, 9.17) is 10.6 Å².